The molecule has 0 aliphatic rings. The molecule has 1 N–H and O–H groups in total. The summed E-state index contributed by atoms with van der Waals surface area (Å²) in [7, 11) is 2.92. The van der Waals surface area contributed by atoms with Crippen LogP contribution in [0.2, 0.25) is 0 Å². The quantitative estimate of drug-likeness (QED) is 0.399. The summed E-state index contributed by atoms with van der Waals surface area (Å²) in [6, 6.07) is 11.1. The van der Waals surface area contributed by atoms with Crippen molar-refractivity contribution in [3.05, 3.63) is 58.1 Å². The standard InChI is InChI=1S/C19H20N2O7/c1-26-16-6-4-3-5-13(16)7-10-19(23)28-12-18(22)20-15-11-14(21(24)25)8-9-17(15)27-2/h3-6,8-9,11H,7,10,12H2,1-2H3,(H,20,22). The topological polar surface area (TPSA) is 117 Å². The van der Waals surface area contributed by atoms with Gasteiger partial charge in [-0.05, 0) is 24.1 Å². The Morgan fingerprint density at radius 1 is 1.07 bits per heavy atom. The number of esters is 1. The number of hydrogen-bond acceptors (Lipinski definition) is 7. The molecule has 2 rings (SSSR count). The first-order chi connectivity index (χ1) is 13.4. The number of nitro groups is 1. The number of hydrogen-bond donors (Lipinski definition) is 1. The van der Waals surface area contributed by atoms with Crippen LogP contribution in [0.25, 0.3) is 0 Å². The van der Waals surface area contributed by atoms with E-state index in [0.29, 0.717) is 12.2 Å². The Kier molecular flexibility index (Phi) is 7.32. The van der Waals surface area contributed by atoms with Crippen LogP contribution in [-0.2, 0) is 20.7 Å². The molecular weight excluding hydrogens is 368 g/mol. The summed E-state index contributed by atoms with van der Waals surface area (Å²) in [6.07, 6.45) is 0.483. The average molecular weight is 388 g/mol. The first-order valence-corrected chi connectivity index (χ1v) is 8.34. The highest BCUT2D eigenvalue weighted by molar-refractivity contribution is 5.94. The number of non-ortho nitro benzene ring substituents is 1. The molecule has 0 bridgehead atoms. The molecule has 0 fully saturated rings. The molecule has 0 saturated heterocycles. The SMILES string of the molecule is COc1ccccc1CCC(=O)OCC(=O)Nc1cc([N+](=O)[O-])ccc1OC. The van der Waals surface area contributed by atoms with E-state index < -0.39 is 23.4 Å². The lowest BCUT2D eigenvalue weighted by atomic mass is 10.1. The van der Waals surface area contributed by atoms with Gasteiger partial charge in [-0.3, -0.25) is 19.7 Å². The van der Waals surface area contributed by atoms with E-state index in [0.717, 1.165) is 5.56 Å². The molecule has 1 amide bonds. The largest absolute Gasteiger partial charge is 0.496 e. The predicted molar refractivity (Wildman–Crippen MR) is 101 cm³/mol. The van der Waals surface area contributed by atoms with Gasteiger partial charge in [0.25, 0.3) is 11.6 Å². The summed E-state index contributed by atoms with van der Waals surface area (Å²) in [4.78, 5) is 34.2. The molecule has 0 radical (unpaired) electrons. The van der Waals surface area contributed by atoms with Crippen molar-refractivity contribution in [2.45, 2.75) is 12.8 Å². The van der Waals surface area contributed by atoms with Crippen molar-refractivity contribution in [3.63, 3.8) is 0 Å². The van der Waals surface area contributed by atoms with Gasteiger partial charge >= 0.3 is 5.97 Å². The van der Waals surface area contributed by atoms with Crippen LogP contribution in [0, 0.1) is 10.1 Å². The molecule has 28 heavy (non-hydrogen) atoms. The minimum Gasteiger partial charge on any atom is -0.496 e. The molecule has 0 aromatic heterocycles. The van der Waals surface area contributed by atoms with Crippen molar-refractivity contribution in [1.29, 1.82) is 0 Å². The molecule has 9 nitrogen and oxygen atoms in total. The van der Waals surface area contributed by atoms with E-state index >= 15 is 0 Å². The number of ether oxygens (including phenoxy) is 3. The number of carbonyl (C=O) groups is 2. The summed E-state index contributed by atoms with van der Waals surface area (Å²) in [5.74, 6) is -0.260. The van der Waals surface area contributed by atoms with Crippen LogP contribution in [0.4, 0.5) is 11.4 Å². The van der Waals surface area contributed by atoms with Gasteiger partial charge in [0.15, 0.2) is 6.61 Å². The van der Waals surface area contributed by atoms with Gasteiger partial charge in [0.1, 0.15) is 11.5 Å². The third kappa shape index (κ3) is 5.70. The molecule has 2 aromatic rings. The van der Waals surface area contributed by atoms with Crippen LogP contribution in [0.15, 0.2) is 42.5 Å². The van der Waals surface area contributed by atoms with Gasteiger partial charge in [-0.1, -0.05) is 18.2 Å². The molecule has 148 valence electrons. The van der Waals surface area contributed by atoms with E-state index in [1.165, 1.54) is 25.3 Å². The fourth-order valence-electron chi connectivity index (χ4n) is 2.46. The van der Waals surface area contributed by atoms with Gasteiger partial charge in [0.2, 0.25) is 0 Å². The smallest absolute Gasteiger partial charge is 0.306 e. The second kappa shape index (κ2) is 9.91. The zero-order valence-corrected chi connectivity index (χ0v) is 15.5. The Morgan fingerprint density at radius 3 is 2.46 bits per heavy atom. The van der Waals surface area contributed by atoms with E-state index in [1.54, 1.807) is 13.2 Å². The first-order valence-electron chi connectivity index (χ1n) is 8.34. The number of carbonyl (C=O) groups excluding carboxylic acids is 2. The molecule has 0 atom stereocenters. The van der Waals surface area contributed by atoms with Crippen LogP contribution in [0.5, 0.6) is 11.5 Å². The second-order valence-corrected chi connectivity index (χ2v) is 5.66. The van der Waals surface area contributed by atoms with E-state index in [1.807, 2.05) is 18.2 Å². The third-order valence-electron chi connectivity index (χ3n) is 3.82. The average Bonchev–Trinajstić information content (AvgIpc) is 2.70. The lowest BCUT2D eigenvalue weighted by Crippen LogP contribution is -2.21. The predicted octanol–water partition coefficient (Wildman–Crippen LogP) is 2.73. The van der Waals surface area contributed by atoms with E-state index in [4.69, 9.17) is 14.2 Å². The Hall–Kier alpha value is -3.62. The summed E-state index contributed by atoms with van der Waals surface area (Å²) in [6.45, 7) is -0.517. The van der Waals surface area contributed by atoms with Crippen molar-refractivity contribution in [3.8, 4) is 11.5 Å². The summed E-state index contributed by atoms with van der Waals surface area (Å²) < 4.78 is 15.2. The number of anilines is 1. The highest BCUT2D eigenvalue weighted by Gasteiger charge is 2.15. The molecule has 0 unspecified atom stereocenters. The molecular formula is C19H20N2O7. The Bertz CT molecular complexity index is 867. The minimum atomic E-state index is -0.635. The summed E-state index contributed by atoms with van der Waals surface area (Å²) >= 11 is 0. The van der Waals surface area contributed by atoms with E-state index in [9.17, 15) is 19.7 Å². The highest BCUT2D eigenvalue weighted by atomic mass is 16.6. The number of benzene rings is 2. The van der Waals surface area contributed by atoms with Crippen LogP contribution < -0.4 is 14.8 Å². The number of nitrogens with zero attached hydrogens (tertiary/aromatic N) is 1. The maximum absolute atomic E-state index is 12.0. The molecule has 0 spiro atoms. The zero-order valence-electron chi connectivity index (χ0n) is 15.5. The van der Waals surface area contributed by atoms with Crippen molar-refractivity contribution >= 4 is 23.3 Å². The Labute approximate surface area is 161 Å². The van der Waals surface area contributed by atoms with Crippen LogP contribution >= 0.6 is 0 Å². The number of nitro benzene ring substituents is 1. The maximum Gasteiger partial charge on any atom is 0.306 e. The zero-order chi connectivity index (χ0) is 20.5. The van der Waals surface area contributed by atoms with E-state index in [-0.39, 0.29) is 23.5 Å². The number of methoxy groups -OCH3 is 2. The fraction of sp³-hybridized carbons (Fsp3) is 0.263. The summed E-state index contributed by atoms with van der Waals surface area (Å²) in [5, 5.41) is 13.3. The molecule has 0 aliphatic heterocycles. The normalized spacial score (nSPS) is 10.1. The van der Waals surface area contributed by atoms with Gasteiger partial charge < -0.3 is 19.5 Å². The number of nitrogens with one attached hydrogen (secondary N) is 1. The monoisotopic (exact) mass is 388 g/mol. The molecule has 0 saturated carbocycles. The number of para-hydroxylation sites is 1. The fourth-order valence-corrected chi connectivity index (χ4v) is 2.46. The molecule has 9 heteroatoms. The van der Waals surface area contributed by atoms with Crippen molar-refractivity contribution < 1.29 is 28.7 Å². The number of aryl methyl sites for hydroxylation is 1. The van der Waals surface area contributed by atoms with Gasteiger partial charge in [-0.15, -0.1) is 0 Å². The maximum atomic E-state index is 12.0. The lowest BCUT2D eigenvalue weighted by Gasteiger charge is -2.11. The van der Waals surface area contributed by atoms with Crippen molar-refractivity contribution in [2.75, 3.05) is 26.1 Å². The van der Waals surface area contributed by atoms with Gasteiger partial charge in [0, 0.05) is 18.6 Å². The lowest BCUT2D eigenvalue weighted by molar-refractivity contribution is -0.384. The number of rotatable bonds is 9. The highest BCUT2D eigenvalue weighted by Crippen LogP contribution is 2.28. The van der Waals surface area contributed by atoms with Crippen LogP contribution in [0.3, 0.4) is 0 Å². The Balaban J connectivity index is 1.87. The summed E-state index contributed by atoms with van der Waals surface area (Å²) in [5.41, 5.74) is 0.768. The van der Waals surface area contributed by atoms with Crippen molar-refractivity contribution in [2.24, 2.45) is 0 Å². The molecule has 0 aliphatic carbocycles. The van der Waals surface area contributed by atoms with Gasteiger partial charge in [-0.2, -0.15) is 0 Å². The third-order valence-corrected chi connectivity index (χ3v) is 3.82. The van der Waals surface area contributed by atoms with Gasteiger partial charge in [0.05, 0.1) is 24.8 Å². The van der Waals surface area contributed by atoms with Crippen LogP contribution in [0.1, 0.15) is 12.0 Å². The Morgan fingerprint density at radius 2 is 1.79 bits per heavy atom. The molecule has 0 heterocycles. The first kappa shape index (κ1) is 20.7. The van der Waals surface area contributed by atoms with E-state index in [2.05, 4.69) is 5.32 Å². The number of amides is 1. The van der Waals surface area contributed by atoms with Gasteiger partial charge in [-0.25, -0.2) is 0 Å². The van der Waals surface area contributed by atoms with Crippen LogP contribution in [-0.4, -0.2) is 37.6 Å². The molecule has 2 aromatic carbocycles. The van der Waals surface area contributed by atoms with Crippen molar-refractivity contribution in [1.82, 2.24) is 0 Å². The minimum absolute atomic E-state index is 0.0772. The second-order valence-electron chi connectivity index (χ2n) is 5.66.